The average molecular weight is 363 g/mol. The third-order valence-corrected chi connectivity index (χ3v) is 6.56. The molecule has 4 aliphatic rings. The zero-order chi connectivity index (χ0) is 18.6. The molecule has 0 aromatic heterocycles. The molecule has 26 heavy (non-hydrogen) atoms. The molecule has 2 N–H and O–H groups in total. The minimum atomic E-state index is -0.893. The lowest BCUT2D eigenvalue weighted by Crippen LogP contribution is -2.46. The maximum atomic E-state index is 12.8. The molecule has 6 nitrogen and oxygen atoms in total. The van der Waals surface area contributed by atoms with E-state index in [0.29, 0.717) is 50.2 Å². The molecule has 0 aromatic rings. The van der Waals surface area contributed by atoms with E-state index in [1.54, 1.807) is 0 Å². The van der Waals surface area contributed by atoms with Crippen molar-refractivity contribution >= 4 is 11.9 Å². The first-order valence-electron chi connectivity index (χ1n) is 9.76. The van der Waals surface area contributed by atoms with Crippen LogP contribution in [0.15, 0.2) is 11.3 Å². The van der Waals surface area contributed by atoms with Crippen molar-refractivity contribution in [3.05, 3.63) is 11.3 Å². The summed E-state index contributed by atoms with van der Waals surface area (Å²) in [6.07, 6.45) is 6.44. The maximum Gasteiger partial charge on any atom is 0.333 e. The van der Waals surface area contributed by atoms with Crippen LogP contribution in [0.3, 0.4) is 0 Å². The van der Waals surface area contributed by atoms with Gasteiger partial charge in [0.25, 0.3) is 0 Å². The number of hydrogen-bond acceptors (Lipinski definition) is 4. The Hall–Kier alpha value is -1.40. The molecule has 0 bridgehead atoms. The quantitative estimate of drug-likeness (QED) is 0.805. The Morgan fingerprint density at radius 1 is 1.12 bits per heavy atom. The van der Waals surface area contributed by atoms with Crippen LogP contribution >= 0.6 is 0 Å². The Balaban J connectivity index is 1.40. The van der Waals surface area contributed by atoms with Crippen LogP contribution in [0.4, 0.5) is 0 Å². The molecule has 3 aliphatic carbocycles. The number of carboxylic acid groups (broad SMARTS) is 1. The molecule has 6 heteroatoms. The highest BCUT2D eigenvalue weighted by molar-refractivity contribution is 5.90. The Labute approximate surface area is 154 Å². The first-order valence-corrected chi connectivity index (χ1v) is 9.76. The number of allylic oxidation sites excluding steroid dienone is 1. The summed E-state index contributed by atoms with van der Waals surface area (Å²) < 4.78 is 12.0. The van der Waals surface area contributed by atoms with E-state index < -0.39 is 11.8 Å². The smallest absolute Gasteiger partial charge is 0.333 e. The number of carbonyl (C=O) groups excluding carboxylic acids is 1. The second-order valence-corrected chi connectivity index (χ2v) is 9.52. The number of ether oxygens (including phenoxy) is 2. The highest BCUT2D eigenvalue weighted by Crippen LogP contribution is 2.57. The largest absolute Gasteiger partial charge is 0.478 e. The SMILES string of the molecule is CC1(C)COC2(CCC(C(=O)NC3=C(C(=O)O)CC4(CC3)CC4)C2)OC1. The van der Waals surface area contributed by atoms with Gasteiger partial charge < -0.3 is 19.9 Å². The molecule has 1 amide bonds. The van der Waals surface area contributed by atoms with Gasteiger partial charge in [0.15, 0.2) is 5.79 Å². The van der Waals surface area contributed by atoms with Gasteiger partial charge in [0.1, 0.15) is 0 Å². The second kappa shape index (κ2) is 6.06. The molecule has 1 atom stereocenters. The third-order valence-electron chi connectivity index (χ3n) is 6.56. The molecular weight excluding hydrogens is 334 g/mol. The molecule has 1 heterocycles. The maximum absolute atomic E-state index is 12.8. The number of aliphatic carboxylic acids is 1. The average Bonchev–Trinajstić information content (AvgIpc) is 3.21. The summed E-state index contributed by atoms with van der Waals surface area (Å²) in [5, 5.41) is 12.5. The van der Waals surface area contributed by atoms with Crippen molar-refractivity contribution in [2.24, 2.45) is 16.7 Å². The van der Waals surface area contributed by atoms with E-state index >= 15 is 0 Å². The minimum absolute atomic E-state index is 0.00760. The van der Waals surface area contributed by atoms with Crippen LogP contribution in [0, 0.1) is 16.7 Å². The zero-order valence-corrected chi connectivity index (χ0v) is 15.7. The Kier molecular flexibility index (Phi) is 4.19. The highest BCUT2D eigenvalue weighted by Gasteiger charge is 2.49. The van der Waals surface area contributed by atoms with E-state index in [4.69, 9.17) is 9.47 Å². The number of rotatable bonds is 3. The lowest BCUT2D eigenvalue weighted by molar-refractivity contribution is -0.295. The first kappa shape index (κ1) is 18.0. The van der Waals surface area contributed by atoms with Crippen molar-refractivity contribution in [2.45, 2.75) is 71.0 Å². The van der Waals surface area contributed by atoms with Gasteiger partial charge in [-0.2, -0.15) is 0 Å². The van der Waals surface area contributed by atoms with Crippen LogP contribution in [0.5, 0.6) is 0 Å². The minimum Gasteiger partial charge on any atom is -0.478 e. The number of hydrogen-bond donors (Lipinski definition) is 2. The predicted octanol–water partition coefficient (Wildman–Crippen LogP) is 2.97. The van der Waals surface area contributed by atoms with E-state index in [0.717, 1.165) is 25.7 Å². The van der Waals surface area contributed by atoms with E-state index in [1.807, 2.05) is 0 Å². The number of nitrogens with one attached hydrogen (secondary N) is 1. The summed E-state index contributed by atoms with van der Waals surface area (Å²) in [7, 11) is 0. The molecule has 1 unspecified atom stereocenters. The van der Waals surface area contributed by atoms with Crippen LogP contribution in [-0.2, 0) is 19.1 Å². The standard InChI is InChI=1S/C20H29NO5/c1-18(2)11-25-20(26-12-18)6-3-13(9-20)16(22)21-15-4-5-19(7-8-19)10-14(15)17(23)24/h13H,3-12H2,1-2H3,(H,21,22)(H,23,24). The van der Waals surface area contributed by atoms with Crippen molar-refractivity contribution in [3.8, 4) is 0 Å². The fourth-order valence-electron chi connectivity index (χ4n) is 4.50. The monoisotopic (exact) mass is 363 g/mol. The van der Waals surface area contributed by atoms with Gasteiger partial charge in [-0.15, -0.1) is 0 Å². The molecule has 0 radical (unpaired) electrons. The fraction of sp³-hybridized carbons (Fsp3) is 0.800. The third kappa shape index (κ3) is 3.41. The second-order valence-electron chi connectivity index (χ2n) is 9.52. The molecule has 2 spiro atoms. The van der Waals surface area contributed by atoms with Gasteiger partial charge >= 0.3 is 5.97 Å². The van der Waals surface area contributed by atoms with Crippen molar-refractivity contribution < 1.29 is 24.2 Å². The van der Waals surface area contributed by atoms with Crippen molar-refractivity contribution in [1.82, 2.24) is 5.32 Å². The van der Waals surface area contributed by atoms with E-state index in [9.17, 15) is 14.7 Å². The molecule has 144 valence electrons. The Morgan fingerprint density at radius 2 is 1.81 bits per heavy atom. The van der Waals surface area contributed by atoms with Gasteiger partial charge in [-0.1, -0.05) is 13.8 Å². The number of carbonyl (C=O) groups is 2. The van der Waals surface area contributed by atoms with Crippen molar-refractivity contribution in [1.29, 1.82) is 0 Å². The summed E-state index contributed by atoms with van der Waals surface area (Å²) in [6, 6.07) is 0. The van der Waals surface area contributed by atoms with E-state index in [1.165, 1.54) is 0 Å². The van der Waals surface area contributed by atoms with Gasteiger partial charge in [0, 0.05) is 29.9 Å². The van der Waals surface area contributed by atoms with Gasteiger partial charge in [0.05, 0.1) is 18.8 Å². The molecule has 1 aliphatic heterocycles. The summed E-state index contributed by atoms with van der Waals surface area (Å²) in [6.45, 7) is 5.48. The van der Waals surface area contributed by atoms with Gasteiger partial charge in [-0.3, -0.25) is 4.79 Å². The molecule has 4 rings (SSSR count). The van der Waals surface area contributed by atoms with Gasteiger partial charge in [-0.25, -0.2) is 4.79 Å². The molecule has 0 aromatic carbocycles. The molecule has 1 saturated heterocycles. The number of amides is 1. The summed E-state index contributed by atoms with van der Waals surface area (Å²) in [5.74, 6) is -1.79. The lowest BCUT2D eigenvalue weighted by atomic mass is 9.84. The van der Waals surface area contributed by atoms with Crippen LogP contribution in [0.25, 0.3) is 0 Å². The molecule has 3 fully saturated rings. The Bertz CT molecular complexity index is 651. The lowest BCUT2D eigenvalue weighted by Gasteiger charge is -2.41. The molecular formula is C20H29NO5. The predicted molar refractivity (Wildman–Crippen MR) is 94.1 cm³/mol. The summed E-state index contributed by atoms with van der Waals surface area (Å²) in [4.78, 5) is 24.4. The Morgan fingerprint density at radius 3 is 2.42 bits per heavy atom. The van der Waals surface area contributed by atoms with Crippen molar-refractivity contribution in [2.75, 3.05) is 13.2 Å². The fourth-order valence-corrected chi connectivity index (χ4v) is 4.50. The van der Waals surface area contributed by atoms with Crippen LogP contribution in [0.2, 0.25) is 0 Å². The van der Waals surface area contributed by atoms with Gasteiger partial charge in [0.2, 0.25) is 5.91 Å². The summed E-state index contributed by atoms with van der Waals surface area (Å²) >= 11 is 0. The normalized spacial score (nSPS) is 31.2. The van der Waals surface area contributed by atoms with Crippen LogP contribution < -0.4 is 5.32 Å². The van der Waals surface area contributed by atoms with Crippen LogP contribution in [0.1, 0.15) is 65.2 Å². The van der Waals surface area contributed by atoms with E-state index in [-0.39, 0.29) is 22.7 Å². The zero-order valence-electron chi connectivity index (χ0n) is 15.7. The topological polar surface area (TPSA) is 84.9 Å². The van der Waals surface area contributed by atoms with Crippen molar-refractivity contribution in [3.63, 3.8) is 0 Å². The van der Waals surface area contributed by atoms with Gasteiger partial charge in [-0.05, 0) is 43.9 Å². The first-order chi connectivity index (χ1) is 12.2. The van der Waals surface area contributed by atoms with Crippen LogP contribution in [-0.4, -0.2) is 36.0 Å². The summed E-state index contributed by atoms with van der Waals surface area (Å²) in [5.41, 5.74) is 1.23. The number of carboxylic acids is 1. The highest BCUT2D eigenvalue weighted by atomic mass is 16.7. The molecule has 2 saturated carbocycles. The van der Waals surface area contributed by atoms with E-state index in [2.05, 4.69) is 19.2 Å².